The van der Waals surface area contributed by atoms with E-state index in [1.54, 1.807) is 0 Å². The molecule has 0 atom stereocenters. The molecule has 0 aliphatic carbocycles. The van der Waals surface area contributed by atoms with E-state index in [1.807, 2.05) is 0 Å². The summed E-state index contributed by atoms with van der Waals surface area (Å²) in [7, 11) is 0. The highest BCUT2D eigenvalue weighted by Crippen LogP contribution is 2.48. The molecule has 0 unspecified atom stereocenters. The summed E-state index contributed by atoms with van der Waals surface area (Å²) in [6, 6.07) is 49.1. The first-order valence-electron chi connectivity index (χ1n) is 30.1. The third kappa shape index (κ3) is 10.9. The van der Waals surface area contributed by atoms with Crippen molar-refractivity contribution < 1.29 is 0 Å². The number of aromatic nitrogens is 2. The number of fused-ring (bicyclic) bond motifs is 6. The minimum atomic E-state index is -0.251. The highest BCUT2D eigenvalue weighted by molar-refractivity contribution is 6.11. The van der Waals surface area contributed by atoms with Crippen molar-refractivity contribution in [2.45, 2.75) is 235 Å². The molecule has 2 aromatic heterocycles. The normalized spacial score (nSPS) is 13.9. The van der Waals surface area contributed by atoms with Gasteiger partial charge in [0.05, 0.1) is 33.4 Å². The molecule has 2 heteroatoms. The lowest BCUT2D eigenvalue weighted by Gasteiger charge is -2.33. The molecule has 0 spiro atoms. The first-order chi connectivity index (χ1) is 36.5. The molecule has 0 N–H and O–H groups in total. The van der Waals surface area contributed by atoms with Gasteiger partial charge in [-0.05, 0) is 183 Å². The molecule has 80 heavy (non-hydrogen) atoms. The summed E-state index contributed by atoms with van der Waals surface area (Å²) in [5.74, 6) is 0. The number of benzene rings is 7. The molecule has 0 aliphatic heterocycles. The Bertz CT molecular complexity index is 3770. The third-order valence-electron chi connectivity index (χ3n) is 17.5. The fourth-order valence-electron chi connectivity index (χ4n) is 12.8. The van der Waals surface area contributed by atoms with E-state index < -0.39 is 0 Å². The Hall–Kier alpha value is -5.86. The van der Waals surface area contributed by atoms with Gasteiger partial charge in [0.2, 0.25) is 0 Å². The van der Waals surface area contributed by atoms with Gasteiger partial charge in [0.25, 0.3) is 0 Å². The molecule has 2 nitrogen and oxygen atoms in total. The maximum atomic E-state index is 2.65. The molecule has 0 aliphatic rings. The lowest BCUT2D eigenvalue weighted by molar-refractivity contribution is 0.522. The minimum Gasteiger partial charge on any atom is -0.309 e. The Morgan fingerprint density at radius 2 is 0.650 bits per heavy atom. The van der Waals surface area contributed by atoms with Crippen LogP contribution in [0.25, 0.3) is 66.1 Å². The summed E-state index contributed by atoms with van der Waals surface area (Å²) in [6.45, 7) is 61.8. The van der Waals surface area contributed by atoms with Crippen LogP contribution in [0.15, 0.2) is 121 Å². The van der Waals surface area contributed by atoms with Crippen molar-refractivity contribution in [3.63, 3.8) is 0 Å². The van der Waals surface area contributed by atoms with E-state index in [9.17, 15) is 0 Å². The van der Waals surface area contributed by atoms with Gasteiger partial charge in [0.1, 0.15) is 0 Å². The molecule has 0 amide bonds. The van der Waals surface area contributed by atoms with Crippen molar-refractivity contribution >= 4 is 43.6 Å². The zero-order chi connectivity index (χ0) is 59.2. The first-order valence-corrected chi connectivity index (χ1v) is 30.1. The van der Waals surface area contributed by atoms with E-state index >= 15 is 0 Å². The van der Waals surface area contributed by atoms with Crippen molar-refractivity contribution in [2.24, 2.45) is 0 Å². The second-order valence-corrected chi connectivity index (χ2v) is 33.2. The second kappa shape index (κ2) is 19.1. The van der Waals surface area contributed by atoms with Gasteiger partial charge >= 0.3 is 0 Å². The molecule has 422 valence electrons. The van der Waals surface area contributed by atoms with Gasteiger partial charge in [-0.2, -0.15) is 0 Å². The fraction of sp³-hybridized carbons (Fsp3) is 0.462. The zero-order valence-corrected chi connectivity index (χ0v) is 54.6. The summed E-state index contributed by atoms with van der Waals surface area (Å²) < 4.78 is 5.24. The largest absolute Gasteiger partial charge is 0.309 e. The summed E-state index contributed by atoms with van der Waals surface area (Å²) in [5, 5.41) is 5.26. The van der Waals surface area contributed by atoms with Gasteiger partial charge in [-0.25, -0.2) is 0 Å². The highest BCUT2D eigenvalue weighted by atomic mass is 15.0. The SMILES string of the molecule is CC(C)(C)c1cc(-c2cc(CC(C)(C)c3ccc4c(c3)c3cc(C(C)(C)C)ccc3n4-c3cccc(C(C)(C)C)c3C(C)(C)C)cc(-n3c4ccc(C(C)(C)C)cc4c4cc(C(C)(C)C)ccc43)c2C(C)(C)C)cc(C(C)(C)C)c1. The van der Waals surface area contributed by atoms with E-state index in [1.165, 1.54) is 122 Å². The number of nitrogens with zero attached hydrogens (tertiary/aromatic N) is 2. The molecule has 7 aromatic carbocycles. The van der Waals surface area contributed by atoms with Crippen LogP contribution in [0.1, 0.15) is 236 Å². The summed E-state index contributed by atoms with van der Waals surface area (Å²) >= 11 is 0. The lowest BCUT2D eigenvalue weighted by Crippen LogP contribution is -2.24. The number of hydrogen-bond acceptors (Lipinski definition) is 0. The average Bonchev–Trinajstić information content (AvgIpc) is 3.82. The van der Waals surface area contributed by atoms with E-state index in [4.69, 9.17) is 0 Å². The third-order valence-corrected chi connectivity index (χ3v) is 17.5. The van der Waals surface area contributed by atoms with Crippen LogP contribution in [0, 0.1) is 0 Å². The lowest BCUT2D eigenvalue weighted by atomic mass is 9.74. The molecule has 9 rings (SSSR count). The van der Waals surface area contributed by atoms with Crippen molar-refractivity contribution in [3.8, 4) is 22.5 Å². The quantitative estimate of drug-likeness (QED) is 0.157. The summed E-state index contributed by atoms with van der Waals surface area (Å²) in [6.07, 6.45) is 0.848. The van der Waals surface area contributed by atoms with Gasteiger partial charge in [-0.3, -0.25) is 0 Å². The second-order valence-electron chi connectivity index (χ2n) is 33.2. The minimum absolute atomic E-state index is 0.00181. The van der Waals surface area contributed by atoms with Crippen molar-refractivity contribution in [1.29, 1.82) is 0 Å². The smallest absolute Gasteiger partial charge is 0.0541 e. The Balaban J connectivity index is 1.36. The molecule has 0 saturated heterocycles. The maximum Gasteiger partial charge on any atom is 0.0541 e. The monoisotopic (exact) mass is 1060 g/mol. The Morgan fingerprint density at radius 1 is 0.287 bits per heavy atom. The van der Waals surface area contributed by atoms with Crippen LogP contribution in [-0.4, -0.2) is 9.13 Å². The zero-order valence-electron chi connectivity index (χ0n) is 54.6. The van der Waals surface area contributed by atoms with Crippen LogP contribution in [0.2, 0.25) is 0 Å². The number of rotatable bonds is 6. The molecule has 0 fully saturated rings. The highest BCUT2D eigenvalue weighted by Gasteiger charge is 2.34. The topological polar surface area (TPSA) is 9.86 Å². The van der Waals surface area contributed by atoms with Gasteiger partial charge in [-0.15, -0.1) is 0 Å². The molecular weight excluding hydrogens is 965 g/mol. The predicted molar refractivity (Wildman–Crippen MR) is 353 cm³/mol. The van der Waals surface area contributed by atoms with Crippen molar-refractivity contribution in [1.82, 2.24) is 9.13 Å². The molecular formula is C78H100N2. The first kappa shape index (κ1) is 58.8. The van der Waals surface area contributed by atoms with Crippen molar-refractivity contribution in [3.05, 3.63) is 177 Å². The van der Waals surface area contributed by atoms with Gasteiger partial charge < -0.3 is 9.13 Å². The van der Waals surface area contributed by atoms with Crippen LogP contribution >= 0.6 is 0 Å². The summed E-state index contributed by atoms with van der Waals surface area (Å²) in [4.78, 5) is 0. The van der Waals surface area contributed by atoms with E-state index in [0.29, 0.717) is 0 Å². The van der Waals surface area contributed by atoms with E-state index in [-0.39, 0.29) is 48.7 Å². The van der Waals surface area contributed by atoms with Crippen LogP contribution in [0.5, 0.6) is 0 Å². The van der Waals surface area contributed by atoms with E-state index in [0.717, 1.165) is 6.42 Å². The van der Waals surface area contributed by atoms with Crippen LogP contribution in [0.4, 0.5) is 0 Å². The van der Waals surface area contributed by atoms with Crippen LogP contribution in [-0.2, 0) is 55.2 Å². The Labute approximate surface area is 484 Å². The Morgan fingerprint density at radius 3 is 1.01 bits per heavy atom. The fourth-order valence-corrected chi connectivity index (χ4v) is 12.8. The standard InChI is InChI=1S/C78H100N2/c1-70(2,3)50-30-34-62-59(45-50)60-46-53(33-37-63(60)79(62)66-29-27-28-61(75(16,17)18)69(66)77(22,23)24)78(25,26)47-48-38-56(49-40-54(73(10,11)12)42-55(41-49)74(13,14)15)68(76(19,20)21)67(39-48)80-64-35-31-51(71(4,5)6)43-57(64)58-44-52(72(7,8)9)32-36-65(58)80/h27-46H,47H2,1-26H3. The Kier molecular flexibility index (Phi) is 14.0. The maximum absolute atomic E-state index is 2.65. The molecule has 2 heterocycles. The predicted octanol–water partition coefficient (Wildman–Crippen LogP) is 22.4. The summed E-state index contributed by atoms with van der Waals surface area (Å²) in [5.41, 5.74) is 23.2. The molecule has 0 radical (unpaired) electrons. The molecule has 0 saturated carbocycles. The van der Waals surface area contributed by atoms with Crippen LogP contribution < -0.4 is 0 Å². The van der Waals surface area contributed by atoms with Crippen molar-refractivity contribution in [2.75, 3.05) is 0 Å². The molecule has 9 aromatic rings. The van der Waals surface area contributed by atoms with E-state index in [2.05, 4.69) is 310 Å². The molecule has 0 bridgehead atoms. The number of hydrogen-bond donors (Lipinski definition) is 0. The van der Waals surface area contributed by atoms with Gasteiger partial charge in [0, 0.05) is 21.5 Å². The van der Waals surface area contributed by atoms with Gasteiger partial charge in [-0.1, -0.05) is 241 Å². The van der Waals surface area contributed by atoms with Gasteiger partial charge in [0.15, 0.2) is 0 Å². The van der Waals surface area contributed by atoms with Crippen LogP contribution in [0.3, 0.4) is 0 Å². The average molecular weight is 1070 g/mol.